The molecule has 1 N–H and O–H groups in total. The number of fused-ring (bicyclic) bond motifs is 1. The first-order valence-corrected chi connectivity index (χ1v) is 5.99. The molecule has 4 nitrogen and oxygen atoms in total. The topological polar surface area (TPSA) is 46.9 Å². The number of anilines is 1. The van der Waals surface area contributed by atoms with E-state index in [1.54, 1.807) is 6.20 Å². The molecule has 1 amide bonds. The van der Waals surface area contributed by atoms with Gasteiger partial charge in [-0.05, 0) is 30.7 Å². The van der Waals surface area contributed by atoms with Crippen molar-refractivity contribution in [2.45, 2.75) is 19.0 Å². The molecule has 2 aromatic rings. The van der Waals surface area contributed by atoms with Gasteiger partial charge in [0.25, 0.3) is 0 Å². The number of aryl methyl sites for hydroxylation is 1. The first-order valence-electron chi connectivity index (χ1n) is 5.99. The van der Waals surface area contributed by atoms with E-state index in [0.717, 1.165) is 17.7 Å². The number of alkyl halides is 3. The highest BCUT2D eigenvalue weighted by Crippen LogP contribution is 2.31. The summed E-state index contributed by atoms with van der Waals surface area (Å²) in [5, 5.41) is 6.81. The van der Waals surface area contributed by atoms with Crippen LogP contribution in [-0.2, 0) is 17.4 Å². The normalized spacial score (nSPS) is 14.8. The minimum absolute atomic E-state index is 0.119. The summed E-state index contributed by atoms with van der Waals surface area (Å²) in [4.78, 5) is 11.4. The number of amides is 1. The number of carbonyl (C=O) groups excluding carboxylic acids is 1. The molecular weight excluding hydrogens is 271 g/mol. The molecule has 0 fully saturated rings. The van der Waals surface area contributed by atoms with Crippen molar-refractivity contribution in [3.8, 4) is 5.69 Å². The van der Waals surface area contributed by atoms with Crippen molar-refractivity contribution in [2.75, 3.05) is 5.32 Å². The molecule has 0 unspecified atom stereocenters. The molecule has 0 atom stereocenters. The van der Waals surface area contributed by atoms with E-state index in [-0.39, 0.29) is 5.91 Å². The molecule has 0 aliphatic carbocycles. The van der Waals surface area contributed by atoms with Gasteiger partial charge in [-0.15, -0.1) is 0 Å². The van der Waals surface area contributed by atoms with Gasteiger partial charge >= 0.3 is 6.18 Å². The van der Waals surface area contributed by atoms with Crippen LogP contribution in [0.25, 0.3) is 5.69 Å². The summed E-state index contributed by atoms with van der Waals surface area (Å²) in [7, 11) is 0. The maximum absolute atomic E-state index is 12.5. The maximum Gasteiger partial charge on any atom is 0.416 e. The number of halogens is 3. The molecule has 1 aliphatic rings. The molecule has 3 rings (SSSR count). The third-order valence-corrected chi connectivity index (χ3v) is 3.16. The van der Waals surface area contributed by atoms with Gasteiger partial charge in [-0.25, -0.2) is 4.68 Å². The van der Waals surface area contributed by atoms with Crippen LogP contribution in [0.2, 0.25) is 0 Å². The lowest BCUT2D eigenvalue weighted by atomic mass is 10.1. The Morgan fingerprint density at radius 1 is 1.15 bits per heavy atom. The van der Waals surface area contributed by atoms with E-state index in [1.165, 1.54) is 16.8 Å². The van der Waals surface area contributed by atoms with Crippen LogP contribution in [0.3, 0.4) is 0 Å². The third kappa shape index (κ3) is 2.15. The van der Waals surface area contributed by atoms with Crippen LogP contribution in [0, 0.1) is 0 Å². The SMILES string of the molecule is O=C1CCc2cnn(-c3ccc(C(F)(F)F)cc3)c2N1. The van der Waals surface area contributed by atoms with Crippen LogP contribution >= 0.6 is 0 Å². The van der Waals surface area contributed by atoms with E-state index in [4.69, 9.17) is 0 Å². The smallest absolute Gasteiger partial charge is 0.310 e. The summed E-state index contributed by atoms with van der Waals surface area (Å²) in [5.74, 6) is 0.409. The summed E-state index contributed by atoms with van der Waals surface area (Å²) >= 11 is 0. The Morgan fingerprint density at radius 3 is 2.50 bits per heavy atom. The molecule has 2 heterocycles. The quantitative estimate of drug-likeness (QED) is 0.873. The Labute approximate surface area is 112 Å². The van der Waals surface area contributed by atoms with Crippen molar-refractivity contribution < 1.29 is 18.0 Å². The maximum atomic E-state index is 12.5. The number of hydrogen-bond donors (Lipinski definition) is 1. The Hall–Kier alpha value is -2.31. The largest absolute Gasteiger partial charge is 0.416 e. The van der Waals surface area contributed by atoms with Crippen LogP contribution in [-0.4, -0.2) is 15.7 Å². The molecule has 20 heavy (non-hydrogen) atoms. The highest BCUT2D eigenvalue weighted by Gasteiger charge is 2.30. The lowest BCUT2D eigenvalue weighted by molar-refractivity contribution is -0.137. The van der Waals surface area contributed by atoms with Crippen LogP contribution in [0.4, 0.5) is 19.0 Å². The average Bonchev–Trinajstić information content (AvgIpc) is 2.81. The second kappa shape index (κ2) is 4.36. The van der Waals surface area contributed by atoms with Crippen molar-refractivity contribution in [3.05, 3.63) is 41.6 Å². The minimum Gasteiger partial charge on any atom is -0.310 e. The second-order valence-electron chi connectivity index (χ2n) is 4.52. The van der Waals surface area contributed by atoms with Gasteiger partial charge in [-0.1, -0.05) is 0 Å². The predicted octanol–water partition coefficient (Wildman–Crippen LogP) is 2.78. The molecule has 1 aromatic heterocycles. The van der Waals surface area contributed by atoms with E-state index in [9.17, 15) is 18.0 Å². The van der Waals surface area contributed by atoms with Gasteiger partial charge in [-0.2, -0.15) is 18.3 Å². The summed E-state index contributed by atoms with van der Waals surface area (Å²) in [6.45, 7) is 0. The van der Waals surface area contributed by atoms with Crippen molar-refractivity contribution in [2.24, 2.45) is 0 Å². The summed E-state index contributed by atoms with van der Waals surface area (Å²) in [6, 6.07) is 4.65. The molecule has 0 bridgehead atoms. The van der Waals surface area contributed by atoms with E-state index < -0.39 is 11.7 Å². The second-order valence-corrected chi connectivity index (χ2v) is 4.52. The highest BCUT2D eigenvalue weighted by atomic mass is 19.4. The fraction of sp³-hybridized carbons (Fsp3) is 0.231. The Kier molecular flexibility index (Phi) is 2.77. The van der Waals surface area contributed by atoms with Gasteiger partial charge in [0.1, 0.15) is 5.82 Å². The van der Waals surface area contributed by atoms with Crippen molar-refractivity contribution >= 4 is 11.7 Å². The zero-order valence-electron chi connectivity index (χ0n) is 10.2. The van der Waals surface area contributed by atoms with E-state index >= 15 is 0 Å². The fourth-order valence-electron chi connectivity index (χ4n) is 2.13. The number of aromatic nitrogens is 2. The highest BCUT2D eigenvalue weighted by molar-refractivity contribution is 5.93. The lowest BCUT2D eigenvalue weighted by Gasteiger charge is -2.15. The number of carbonyl (C=O) groups is 1. The first kappa shape index (κ1) is 12.7. The Bertz CT molecular complexity index is 658. The summed E-state index contributed by atoms with van der Waals surface area (Å²) < 4.78 is 39.0. The van der Waals surface area contributed by atoms with Gasteiger partial charge in [0.15, 0.2) is 0 Å². The van der Waals surface area contributed by atoms with Crippen LogP contribution in [0.15, 0.2) is 30.5 Å². The molecule has 104 valence electrons. The molecule has 7 heteroatoms. The van der Waals surface area contributed by atoms with Gasteiger partial charge < -0.3 is 5.32 Å². The monoisotopic (exact) mass is 281 g/mol. The number of rotatable bonds is 1. The van der Waals surface area contributed by atoms with Crippen molar-refractivity contribution in [3.63, 3.8) is 0 Å². The minimum atomic E-state index is -4.36. The molecule has 0 saturated carbocycles. The van der Waals surface area contributed by atoms with Gasteiger partial charge in [0.2, 0.25) is 5.91 Å². The molecule has 0 spiro atoms. The van der Waals surface area contributed by atoms with Crippen molar-refractivity contribution in [1.29, 1.82) is 0 Å². The van der Waals surface area contributed by atoms with Gasteiger partial charge in [0.05, 0.1) is 17.4 Å². The van der Waals surface area contributed by atoms with Gasteiger partial charge in [-0.3, -0.25) is 4.79 Å². The molecule has 0 saturated heterocycles. The summed E-state index contributed by atoms with van der Waals surface area (Å²) in [6.07, 6.45) is -1.77. The third-order valence-electron chi connectivity index (χ3n) is 3.16. The number of nitrogens with zero attached hydrogens (tertiary/aromatic N) is 2. The lowest BCUT2D eigenvalue weighted by Crippen LogP contribution is -2.20. The van der Waals surface area contributed by atoms with Crippen LogP contribution in [0.5, 0.6) is 0 Å². The predicted molar refractivity (Wildman–Crippen MR) is 65.5 cm³/mol. The zero-order chi connectivity index (χ0) is 14.3. The van der Waals surface area contributed by atoms with E-state index in [0.29, 0.717) is 24.3 Å². The fourth-order valence-corrected chi connectivity index (χ4v) is 2.13. The first-order chi connectivity index (χ1) is 9.45. The molecule has 1 aromatic carbocycles. The van der Waals surface area contributed by atoms with E-state index in [2.05, 4.69) is 10.4 Å². The Morgan fingerprint density at radius 2 is 1.85 bits per heavy atom. The van der Waals surface area contributed by atoms with E-state index in [1.807, 2.05) is 0 Å². The number of nitrogens with one attached hydrogen (secondary N) is 1. The molecule has 1 aliphatic heterocycles. The standard InChI is InChI=1S/C13H10F3N3O/c14-13(15,16)9-2-4-10(5-3-9)19-12-8(7-17-19)1-6-11(20)18-12/h2-5,7H,1,6H2,(H,18,20). The Balaban J connectivity index is 1.98. The van der Waals surface area contributed by atoms with Crippen molar-refractivity contribution in [1.82, 2.24) is 9.78 Å². The molecular formula is C13H10F3N3O. The molecule has 0 radical (unpaired) electrons. The van der Waals surface area contributed by atoms with Crippen LogP contribution in [0.1, 0.15) is 17.5 Å². The average molecular weight is 281 g/mol. The van der Waals surface area contributed by atoms with Crippen LogP contribution < -0.4 is 5.32 Å². The summed E-state index contributed by atoms with van der Waals surface area (Å²) in [5.41, 5.74) is 0.636. The van der Waals surface area contributed by atoms with Gasteiger partial charge in [0, 0.05) is 12.0 Å². The number of benzene rings is 1. The number of hydrogen-bond acceptors (Lipinski definition) is 2. The zero-order valence-corrected chi connectivity index (χ0v) is 10.2.